The van der Waals surface area contributed by atoms with Gasteiger partial charge in [-0.2, -0.15) is 0 Å². The lowest BCUT2D eigenvalue weighted by molar-refractivity contribution is 0.567. The summed E-state index contributed by atoms with van der Waals surface area (Å²) in [6.07, 6.45) is 0. The SMILES string of the molecule is Cc1ccc2c(c1)cc(C)c1oc(-c3cc4c(o3)c(C)cc3cc(C)ccc34)cc12. The molecule has 30 heavy (non-hydrogen) atoms. The molecule has 0 amide bonds. The zero-order chi connectivity index (χ0) is 20.6. The van der Waals surface area contributed by atoms with Crippen molar-refractivity contribution in [2.75, 3.05) is 0 Å². The Morgan fingerprint density at radius 2 is 0.900 bits per heavy atom. The Balaban J connectivity index is 1.63. The number of hydrogen-bond donors (Lipinski definition) is 0. The van der Waals surface area contributed by atoms with E-state index in [1.165, 1.54) is 32.7 Å². The predicted octanol–water partition coefficient (Wildman–Crippen LogP) is 8.39. The van der Waals surface area contributed by atoms with Crippen LogP contribution < -0.4 is 0 Å². The summed E-state index contributed by atoms with van der Waals surface area (Å²) in [6, 6.07) is 21.8. The van der Waals surface area contributed by atoms with Crippen molar-refractivity contribution in [2.24, 2.45) is 0 Å². The largest absolute Gasteiger partial charge is 0.452 e. The second-order valence-electron chi connectivity index (χ2n) is 8.54. The second kappa shape index (κ2) is 5.99. The van der Waals surface area contributed by atoms with Crippen LogP contribution in [0.4, 0.5) is 0 Å². The Morgan fingerprint density at radius 1 is 0.467 bits per heavy atom. The van der Waals surface area contributed by atoms with E-state index >= 15 is 0 Å². The number of hydrogen-bond acceptors (Lipinski definition) is 2. The van der Waals surface area contributed by atoms with Gasteiger partial charge in [0.05, 0.1) is 0 Å². The van der Waals surface area contributed by atoms with Crippen molar-refractivity contribution >= 4 is 43.5 Å². The summed E-state index contributed by atoms with van der Waals surface area (Å²) in [6.45, 7) is 8.47. The number of fused-ring (bicyclic) bond motifs is 6. The number of aryl methyl sites for hydroxylation is 4. The minimum absolute atomic E-state index is 0.775. The fourth-order valence-corrected chi connectivity index (χ4v) is 4.70. The van der Waals surface area contributed by atoms with Gasteiger partial charge in [-0.25, -0.2) is 0 Å². The lowest BCUT2D eigenvalue weighted by atomic mass is 10.0. The summed E-state index contributed by atoms with van der Waals surface area (Å²) in [5.74, 6) is 1.55. The molecule has 2 heteroatoms. The molecule has 0 saturated heterocycles. The van der Waals surface area contributed by atoms with E-state index in [0.29, 0.717) is 0 Å². The topological polar surface area (TPSA) is 26.3 Å². The molecule has 0 aliphatic heterocycles. The first-order valence-corrected chi connectivity index (χ1v) is 10.4. The highest BCUT2D eigenvalue weighted by atomic mass is 16.4. The standard InChI is InChI=1S/C28H22O2/c1-15-5-7-21-19(9-15)11-17(3)27-23(21)13-25(29-27)26-14-24-22-8-6-16(2)10-20(22)12-18(4)28(24)30-26/h5-14H,1-4H3. The van der Waals surface area contributed by atoms with Gasteiger partial charge in [0.25, 0.3) is 0 Å². The van der Waals surface area contributed by atoms with Gasteiger partial charge >= 0.3 is 0 Å². The Morgan fingerprint density at radius 3 is 1.33 bits per heavy atom. The van der Waals surface area contributed by atoms with E-state index in [0.717, 1.165) is 44.6 Å². The maximum absolute atomic E-state index is 6.33. The van der Waals surface area contributed by atoms with Gasteiger partial charge in [-0.1, -0.05) is 47.5 Å². The third-order valence-corrected chi connectivity index (χ3v) is 6.16. The van der Waals surface area contributed by atoms with Gasteiger partial charge in [0, 0.05) is 10.8 Å². The Bertz CT molecular complexity index is 1500. The van der Waals surface area contributed by atoms with E-state index in [4.69, 9.17) is 8.83 Å². The van der Waals surface area contributed by atoms with Gasteiger partial charge in [0.2, 0.25) is 0 Å². The lowest BCUT2D eigenvalue weighted by Crippen LogP contribution is -1.80. The molecular weight excluding hydrogens is 368 g/mol. The molecule has 0 saturated carbocycles. The van der Waals surface area contributed by atoms with Crippen LogP contribution in [-0.2, 0) is 0 Å². The molecule has 146 valence electrons. The van der Waals surface area contributed by atoms with Gasteiger partial charge in [-0.05, 0) is 84.6 Å². The third-order valence-electron chi connectivity index (χ3n) is 6.16. The van der Waals surface area contributed by atoms with Crippen LogP contribution in [0.3, 0.4) is 0 Å². The molecule has 0 atom stereocenters. The first-order chi connectivity index (χ1) is 14.5. The van der Waals surface area contributed by atoms with Gasteiger partial charge in [0.15, 0.2) is 11.5 Å². The van der Waals surface area contributed by atoms with Crippen LogP contribution in [0.1, 0.15) is 22.3 Å². The van der Waals surface area contributed by atoms with Crippen molar-refractivity contribution in [3.8, 4) is 11.5 Å². The molecule has 6 aromatic rings. The van der Waals surface area contributed by atoms with E-state index in [1.807, 2.05) is 0 Å². The van der Waals surface area contributed by atoms with Crippen LogP contribution in [0.25, 0.3) is 55.0 Å². The Labute approximate surface area is 174 Å². The van der Waals surface area contributed by atoms with Gasteiger partial charge in [-0.3, -0.25) is 0 Å². The van der Waals surface area contributed by atoms with Crippen LogP contribution in [0.15, 0.2) is 69.5 Å². The summed E-state index contributed by atoms with van der Waals surface area (Å²) < 4.78 is 12.7. The van der Waals surface area contributed by atoms with Crippen molar-refractivity contribution in [2.45, 2.75) is 27.7 Å². The second-order valence-corrected chi connectivity index (χ2v) is 8.54. The minimum Gasteiger partial charge on any atom is -0.452 e. The summed E-state index contributed by atoms with van der Waals surface area (Å²) in [5.41, 5.74) is 6.67. The zero-order valence-electron chi connectivity index (χ0n) is 17.6. The van der Waals surface area contributed by atoms with Crippen LogP contribution in [0.2, 0.25) is 0 Å². The number of benzene rings is 4. The molecule has 2 heterocycles. The monoisotopic (exact) mass is 390 g/mol. The summed E-state index contributed by atoms with van der Waals surface area (Å²) in [4.78, 5) is 0. The van der Waals surface area contributed by atoms with E-state index < -0.39 is 0 Å². The van der Waals surface area contributed by atoms with Crippen molar-refractivity contribution in [3.05, 3.63) is 82.9 Å². The van der Waals surface area contributed by atoms with Crippen LogP contribution in [0, 0.1) is 27.7 Å². The van der Waals surface area contributed by atoms with Crippen LogP contribution >= 0.6 is 0 Å². The predicted molar refractivity (Wildman–Crippen MR) is 125 cm³/mol. The van der Waals surface area contributed by atoms with Gasteiger partial charge in [-0.15, -0.1) is 0 Å². The fraction of sp³-hybridized carbons (Fsp3) is 0.143. The van der Waals surface area contributed by atoms with E-state index in [2.05, 4.69) is 88.4 Å². The van der Waals surface area contributed by atoms with E-state index in [-0.39, 0.29) is 0 Å². The van der Waals surface area contributed by atoms with E-state index in [9.17, 15) is 0 Å². The summed E-state index contributed by atoms with van der Waals surface area (Å²) >= 11 is 0. The highest BCUT2D eigenvalue weighted by Gasteiger charge is 2.17. The van der Waals surface area contributed by atoms with E-state index in [1.54, 1.807) is 0 Å². The van der Waals surface area contributed by atoms with Crippen molar-refractivity contribution < 1.29 is 8.83 Å². The molecule has 0 spiro atoms. The van der Waals surface area contributed by atoms with Crippen LogP contribution in [0.5, 0.6) is 0 Å². The van der Waals surface area contributed by atoms with Crippen LogP contribution in [-0.4, -0.2) is 0 Å². The molecule has 0 aliphatic rings. The molecule has 0 fully saturated rings. The molecule has 2 nitrogen and oxygen atoms in total. The smallest absolute Gasteiger partial charge is 0.170 e. The summed E-state index contributed by atoms with van der Waals surface area (Å²) in [5, 5.41) is 7.19. The molecular formula is C28H22O2. The minimum atomic E-state index is 0.775. The Kier molecular flexibility index (Phi) is 3.47. The normalized spacial score (nSPS) is 12.0. The molecule has 0 unspecified atom stereocenters. The fourth-order valence-electron chi connectivity index (χ4n) is 4.70. The van der Waals surface area contributed by atoms with Gasteiger partial charge in [0.1, 0.15) is 11.2 Å². The van der Waals surface area contributed by atoms with Crippen molar-refractivity contribution in [1.82, 2.24) is 0 Å². The average molecular weight is 390 g/mol. The number of furan rings is 2. The van der Waals surface area contributed by atoms with Crippen molar-refractivity contribution in [1.29, 1.82) is 0 Å². The molecule has 0 N–H and O–H groups in total. The average Bonchev–Trinajstić information content (AvgIpc) is 3.33. The maximum Gasteiger partial charge on any atom is 0.170 e. The lowest BCUT2D eigenvalue weighted by Gasteiger charge is -2.03. The molecule has 6 rings (SSSR count). The zero-order valence-corrected chi connectivity index (χ0v) is 17.6. The maximum atomic E-state index is 6.33. The first-order valence-electron chi connectivity index (χ1n) is 10.4. The highest BCUT2D eigenvalue weighted by molar-refractivity contribution is 6.10. The summed E-state index contributed by atoms with van der Waals surface area (Å²) in [7, 11) is 0. The van der Waals surface area contributed by atoms with Gasteiger partial charge < -0.3 is 8.83 Å². The molecule has 0 aliphatic carbocycles. The molecule has 0 bridgehead atoms. The van der Waals surface area contributed by atoms with Crippen molar-refractivity contribution in [3.63, 3.8) is 0 Å². The Hall–Kier alpha value is -3.52. The first kappa shape index (κ1) is 17.3. The molecule has 2 aromatic heterocycles. The molecule has 0 radical (unpaired) electrons. The highest BCUT2D eigenvalue weighted by Crippen LogP contribution is 2.39. The quantitative estimate of drug-likeness (QED) is 0.282. The number of rotatable bonds is 1. The molecule has 4 aromatic carbocycles. The third kappa shape index (κ3) is 2.43.